The van der Waals surface area contributed by atoms with Crippen molar-refractivity contribution >= 4 is 11.8 Å². The summed E-state index contributed by atoms with van der Waals surface area (Å²) >= 11 is 2.00. The van der Waals surface area contributed by atoms with E-state index in [0.29, 0.717) is 6.04 Å². The average Bonchev–Trinajstić information content (AvgIpc) is 2.38. The van der Waals surface area contributed by atoms with Crippen molar-refractivity contribution < 1.29 is 4.74 Å². The highest BCUT2D eigenvalue weighted by atomic mass is 32.2. The summed E-state index contributed by atoms with van der Waals surface area (Å²) in [5, 5.41) is 3.47. The van der Waals surface area contributed by atoms with E-state index in [1.165, 1.54) is 11.3 Å². The van der Waals surface area contributed by atoms with Crippen molar-refractivity contribution in [1.82, 2.24) is 5.32 Å². The molecule has 1 saturated heterocycles. The van der Waals surface area contributed by atoms with Gasteiger partial charge >= 0.3 is 0 Å². The van der Waals surface area contributed by atoms with Gasteiger partial charge in [0, 0.05) is 18.1 Å². The molecule has 1 aliphatic heterocycles. The van der Waals surface area contributed by atoms with E-state index >= 15 is 0 Å². The molecule has 0 spiro atoms. The second-order valence-electron chi connectivity index (χ2n) is 4.04. The molecule has 1 aliphatic rings. The minimum Gasteiger partial charge on any atom is -0.492 e. The molecule has 1 aromatic carbocycles. The molecule has 0 saturated carbocycles. The maximum Gasteiger partial charge on any atom is 0.119 e. The lowest BCUT2D eigenvalue weighted by Crippen LogP contribution is -2.41. The number of rotatable bonds is 4. The molecule has 0 radical (unpaired) electrons. The standard InChI is InChI=1S/C13H19NOS/c1-2-11-4-3-5-13(8-11)15-9-12-10-16-7-6-14-12/h3-5,8,12,14H,2,6-7,9-10H2,1H3. The minimum atomic E-state index is 0.504. The summed E-state index contributed by atoms with van der Waals surface area (Å²) in [4.78, 5) is 0. The molecule has 2 rings (SSSR count). The molecule has 1 N–H and O–H groups in total. The number of ether oxygens (including phenoxy) is 1. The van der Waals surface area contributed by atoms with Crippen molar-refractivity contribution in [3.05, 3.63) is 29.8 Å². The van der Waals surface area contributed by atoms with Gasteiger partial charge < -0.3 is 10.1 Å². The van der Waals surface area contributed by atoms with Crippen molar-refractivity contribution in [3.8, 4) is 5.75 Å². The van der Waals surface area contributed by atoms with E-state index in [4.69, 9.17) is 4.74 Å². The Kier molecular flexibility index (Phi) is 4.55. The van der Waals surface area contributed by atoms with Crippen LogP contribution in [0.15, 0.2) is 24.3 Å². The molecule has 0 bridgehead atoms. The molecule has 3 heteroatoms. The Balaban J connectivity index is 1.83. The number of nitrogens with one attached hydrogen (secondary N) is 1. The summed E-state index contributed by atoms with van der Waals surface area (Å²) < 4.78 is 5.81. The van der Waals surface area contributed by atoms with E-state index in [9.17, 15) is 0 Å². The third kappa shape index (κ3) is 3.42. The van der Waals surface area contributed by atoms with E-state index in [0.717, 1.165) is 31.1 Å². The maximum atomic E-state index is 5.81. The summed E-state index contributed by atoms with van der Waals surface area (Å²) in [5.41, 5.74) is 1.34. The quantitative estimate of drug-likeness (QED) is 0.868. The maximum absolute atomic E-state index is 5.81. The normalized spacial score (nSPS) is 20.7. The zero-order chi connectivity index (χ0) is 11.2. The first-order valence-electron chi connectivity index (χ1n) is 5.91. The number of benzene rings is 1. The first-order chi connectivity index (χ1) is 7.88. The van der Waals surface area contributed by atoms with Gasteiger partial charge in [-0.05, 0) is 24.1 Å². The smallest absolute Gasteiger partial charge is 0.119 e. The van der Waals surface area contributed by atoms with Gasteiger partial charge in [-0.1, -0.05) is 19.1 Å². The molecule has 1 aromatic rings. The number of hydrogen-bond acceptors (Lipinski definition) is 3. The lowest BCUT2D eigenvalue weighted by molar-refractivity contribution is 0.275. The third-order valence-corrected chi connectivity index (χ3v) is 3.89. The predicted molar refractivity (Wildman–Crippen MR) is 70.4 cm³/mol. The monoisotopic (exact) mass is 237 g/mol. The summed E-state index contributed by atoms with van der Waals surface area (Å²) in [7, 11) is 0. The molecule has 1 unspecified atom stereocenters. The lowest BCUT2D eigenvalue weighted by atomic mass is 10.2. The summed E-state index contributed by atoms with van der Waals surface area (Å²) in [6.07, 6.45) is 1.06. The fraction of sp³-hybridized carbons (Fsp3) is 0.538. The van der Waals surface area contributed by atoms with Gasteiger partial charge in [-0.25, -0.2) is 0 Å². The SMILES string of the molecule is CCc1cccc(OCC2CSCCN2)c1. The summed E-state index contributed by atoms with van der Waals surface area (Å²) in [6, 6.07) is 8.88. The second kappa shape index (κ2) is 6.16. The van der Waals surface area contributed by atoms with Crippen molar-refractivity contribution in [3.63, 3.8) is 0 Å². The molecular weight excluding hydrogens is 218 g/mol. The first kappa shape index (κ1) is 11.8. The van der Waals surface area contributed by atoms with Crippen molar-refractivity contribution in [2.75, 3.05) is 24.7 Å². The van der Waals surface area contributed by atoms with Crippen LogP contribution in [0.2, 0.25) is 0 Å². The summed E-state index contributed by atoms with van der Waals surface area (Å²) in [6.45, 7) is 4.05. The molecule has 1 atom stereocenters. The molecule has 2 nitrogen and oxygen atoms in total. The Labute approximate surface area is 102 Å². The van der Waals surface area contributed by atoms with E-state index in [1.807, 2.05) is 17.8 Å². The van der Waals surface area contributed by atoms with Crippen LogP contribution in [0.4, 0.5) is 0 Å². The molecule has 0 amide bonds. The number of hydrogen-bond donors (Lipinski definition) is 1. The van der Waals surface area contributed by atoms with Gasteiger partial charge in [-0.15, -0.1) is 0 Å². The van der Waals surface area contributed by atoms with E-state index in [1.54, 1.807) is 0 Å². The first-order valence-corrected chi connectivity index (χ1v) is 7.07. The predicted octanol–water partition coefficient (Wildman–Crippen LogP) is 2.33. The van der Waals surface area contributed by atoms with Gasteiger partial charge in [0.15, 0.2) is 0 Å². The number of thioether (sulfide) groups is 1. The molecule has 16 heavy (non-hydrogen) atoms. The Morgan fingerprint density at radius 2 is 2.44 bits per heavy atom. The molecule has 1 fully saturated rings. The van der Waals surface area contributed by atoms with Gasteiger partial charge in [0.25, 0.3) is 0 Å². The van der Waals surface area contributed by atoms with Crippen LogP contribution >= 0.6 is 11.8 Å². The fourth-order valence-corrected chi connectivity index (χ4v) is 2.71. The zero-order valence-corrected chi connectivity index (χ0v) is 10.6. The van der Waals surface area contributed by atoms with Crippen LogP contribution in [0.5, 0.6) is 5.75 Å². The average molecular weight is 237 g/mol. The highest BCUT2D eigenvalue weighted by Gasteiger charge is 2.13. The number of aryl methyl sites for hydroxylation is 1. The van der Waals surface area contributed by atoms with Gasteiger partial charge in [0.1, 0.15) is 12.4 Å². The zero-order valence-electron chi connectivity index (χ0n) is 9.74. The third-order valence-electron chi connectivity index (χ3n) is 2.76. The largest absolute Gasteiger partial charge is 0.492 e. The van der Waals surface area contributed by atoms with Crippen molar-refractivity contribution in [1.29, 1.82) is 0 Å². The van der Waals surface area contributed by atoms with Crippen LogP contribution in [-0.2, 0) is 6.42 Å². The van der Waals surface area contributed by atoms with Crippen LogP contribution in [0.25, 0.3) is 0 Å². The minimum absolute atomic E-state index is 0.504. The molecular formula is C13H19NOS. The van der Waals surface area contributed by atoms with Gasteiger partial charge in [-0.2, -0.15) is 11.8 Å². The van der Waals surface area contributed by atoms with E-state index in [2.05, 4.69) is 30.4 Å². The molecule has 0 aromatic heterocycles. The van der Waals surface area contributed by atoms with Crippen LogP contribution in [-0.4, -0.2) is 30.7 Å². The lowest BCUT2D eigenvalue weighted by Gasteiger charge is -2.23. The van der Waals surface area contributed by atoms with Crippen LogP contribution in [0.1, 0.15) is 12.5 Å². The summed E-state index contributed by atoms with van der Waals surface area (Å²) in [5.74, 6) is 3.38. The Morgan fingerprint density at radius 3 is 3.19 bits per heavy atom. The van der Waals surface area contributed by atoms with Crippen molar-refractivity contribution in [2.45, 2.75) is 19.4 Å². The highest BCUT2D eigenvalue weighted by Crippen LogP contribution is 2.15. The Morgan fingerprint density at radius 1 is 1.50 bits per heavy atom. The van der Waals surface area contributed by atoms with Gasteiger partial charge in [0.05, 0.1) is 6.04 Å². The van der Waals surface area contributed by atoms with Crippen molar-refractivity contribution in [2.24, 2.45) is 0 Å². The van der Waals surface area contributed by atoms with Gasteiger partial charge in [0.2, 0.25) is 0 Å². The van der Waals surface area contributed by atoms with Crippen LogP contribution in [0.3, 0.4) is 0 Å². The van der Waals surface area contributed by atoms with E-state index in [-0.39, 0.29) is 0 Å². The second-order valence-corrected chi connectivity index (χ2v) is 5.19. The van der Waals surface area contributed by atoms with Gasteiger partial charge in [-0.3, -0.25) is 0 Å². The highest BCUT2D eigenvalue weighted by molar-refractivity contribution is 7.99. The topological polar surface area (TPSA) is 21.3 Å². The Bertz CT molecular complexity index is 323. The van der Waals surface area contributed by atoms with E-state index < -0.39 is 0 Å². The molecule has 0 aliphatic carbocycles. The van der Waals surface area contributed by atoms with Crippen LogP contribution in [0, 0.1) is 0 Å². The molecule has 1 heterocycles. The molecule has 88 valence electrons. The van der Waals surface area contributed by atoms with Crippen LogP contribution < -0.4 is 10.1 Å². The fourth-order valence-electron chi connectivity index (χ4n) is 1.78. The Hall–Kier alpha value is -0.670.